The molecule has 0 aliphatic carbocycles. The van der Waals surface area contributed by atoms with Crippen molar-refractivity contribution in [2.24, 2.45) is 0 Å². The first kappa shape index (κ1) is 13.8. The standard InChI is InChI=1S/C16H24O/c1-6-8-9-13-10-11-15(17-7-2)14(12-13)16(3,4)5/h6,10-12H,1,7-9H2,2-5H3. The molecule has 17 heavy (non-hydrogen) atoms. The Hall–Kier alpha value is -1.24. The molecule has 0 aliphatic heterocycles. The Kier molecular flexibility index (Phi) is 4.80. The number of allylic oxidation sites excluding steroid dienone is 1. The van der Waals surface area contributed by atoms with Crippen molar-refractivity contribution in [2.45, 2.75) is 46.0 Å². The van der Waals surface area contributed by atoms with E-state index in [9.17, 15) is 0 Å². The molecule has 0 bridgehead atoms. The third-order valence-electron chi connectivity index (χ3n) is 2.79. The monoisotopic (exact) mass is 232 g/mol. The molecule has 1 aromatic carbocycles. The third kappa shape index (κ3) is 3.92. The fraction of sp³-hybridized carbons (Fsp3) is 0.500. The number of hydrogen-bond donors (Lipinski definition) is 0. The molecule has 0 heterocycles. The van der Waals surface area contributed by atoms with E-state index in [0.717, 1.165) is 25.2 Å². The number of aryl methyl sites for hydroxylation is 1. The Morgan fingerprint density at radius 3 is 2.53 bits per heavy atom. The van der Waals surface area contributed by atoms with Crippen molar-refractivity contribution < 1.29 is 4.74 Å². The van der Waals surface area contributed by atoms with Crippen LogP contribution in [0.15, 0.2) is 30.9 Å². The molecule has 1 rings (SSSR count). The lowest BCUT2D eigenvalue weighted by atomic mass is 9.85. The van der Waals surface area contributed by atoms with E-state index in [1.807, 2.05) is 13.0 Å². The van der Waals surface area contributed by atoms with Crippen molar-refractivity contribution in [3.63, 3.8) is 0 Å². The van der Waals surface area contributed by atoms with Gasteiger partial charge in [-0.1, -0.05) is 39.0 Å². The van der Waals surface area contributed by atoms with Crippen molar-refractivity contribution in [1.82, 2.24) is 0 Å². The van der Waals surface area contributed by atoms with E-state index in [0.29, 0.717) is 0 Å². The van der Waals surface area contributed by atoms with E-state index in [-0.39, 0.29) is 5.41 Å². The summed E-state index contributed by atoms with van der Waals surface area (Å²) in [5, 5.41) is 0. The van der Waals surface area contributed by atoms with Gasteiger partial charge in [-0.3, -0.25) is 0 Å². The quantitative estimate of drug-likeness (QED) is 0.679. The van der Waals surface area contributed by atoms with Gasteiger partial charge >= 0.3 is 0 Å². The van der Waals surface area contributed by atoms with Gasteiger partial charge in [-0.05, 0) is 42.4 Å². The smallest absolute Gasteiger partial charge is 0.123 e. The molecule has 94 valence electrons. The highest BCUT2D eigenvalue weighted by Crippen LogP contribution is 2.32. The molecule has 0 fully saturated rings. The Balaban J connectivity index is 3.05. The van der Waals surface area contributed by atoms with Crippen molar-refractivity contribution in [3.8, 4) is 5.75 Å². The average molecular weight is 232 g/mol. The van der Waals surface area contributed by atoms with Gasteiger partial charge in [0.25, 0.3) is 0 Å². The summed E-state index contributed by atoms with van der Waals surface area (Å²) in [5.74, 6) is 1.02. The first-order valence-corrected chi connectivity index (χ1v) is 6.36. The Morgan fingerprint density at radius 2 is 2.00 bits per heavy atom. The summed E-state index contributed by atoms with van der Waals surface area (Å²) in [6, 6.07) is 6.53. The largest absolute Gasteiger partial charge is 0.494 e. The predicted octanol–water partition coefficient (Wildman–Crippen LogP) is 4.50. The second-order valence-electron chi connectivity index (χ2n) is 5.34. The molecule has 0 saturated heterocycles. The van der Waals surface area contributed by atoms with E-state index in [4.69, 9.17) is 4.74 Å². The molecule has 0 atom stereocenters. The third-order valence-corrected chi connectivity index (χ3v) is 2.79. The summed E-state index contributed by atoms with van der Waals surface area (Å²) >= 11 is 0. The number of rotatable bonds is 5. The molecule has 1 nitrogen and oxygen atoms in total. The van der Waals surface area contributed by atoms with Crippen LogP contribution in [-0.4, -0.2) is 6.61 Å². The molecule has 0 unspecified atom stereocenters. The van der Waals surface area contributed by atoms with Crippen molar-refractivity contribution >= 4 is 0 Å². The number of ether oxygens (including phenoxy) is 1. The summed E-state index contributed by atoms with van der Waals surface area (Å²) in [6.07, 6.45) is 4.05. The molecule has 0 radical (unpaired) electrons. The van der Waals surface area contributed by atoms with Crippen LogP contribution in [0.4, 0.5) is 0 Å². The second kappa shape index (κ2) is 5.90. The van der Waals surface area contributed by atoms with Gasteiger partial charge in [-0.15, -0.1) is 6.58 Å². The molecule has 1 aromatic rings. The van der Waals surface area contributed by atoms with Crippen LogP contribution in [0, 0.1) is 0 Å². The lowest BCUT2D eigenvalue weighted by molar-refractivity contribution is 0.329. The maximum Gasteiger partial charge on any atom is 0.123 e. The first-order valence-electron chi connectivity index (χ1n) is 6.36. The SMILES string of the molecule is C=CCCc1ccc(OCC)c(C(C)(C)C)c1. The van der Waals surface area contributed by atoms with Gasteiger partial charge in [0.2, 0.25) is 0 Å². The van der Waals surface area contributed by atoms with Crippen molar-refractivity contribution in [2.75, 3.05) is 6.61 Å². The molecule has 0 amide bonds. The van der Waals surface area contributed by atoms with E-state index in [1.54, 1.807) is 0 Å². The van der Waals surface area contributed by atoms with Crippen molar-refractivity contribution in [1.29, 1.82) is 0 Å². The summed E-state index contributed by atoms with van der Waals surface area (Å²) < 4.78 is 5.70. The molecule has 0 aromatic heterocycles. The highest BCUT2D eigenvalue weighted by Gasteiger charge is 2.19. The van der Waals surface area contributed by atoms with Crippen LogP contribution in [0.5, 0.6) is 5.75 Å². The molecule has 0 aliphatic rings. The zero-order valence-corrected chi connectivity index (χ0v) is 11.5. The van der Waals surface area contributed by atoms with Gasteiger partial charge in [-0.25, -0.2) is 0 Å². The highest BCUT2D eigenvalue weighted by molar-refractivity contribution is 5.41. The van der Waals surface area contributed by atoms with E-state index in [1.165, 1.54) is 11.1 Å². The van der Waals surface area contributed by atoms with Gasteiger partial charge in [0.05, 0.1) is 6.61 Å². The fourth-order valence-corrected chi connectivity index (χ4v) is 1.87. The Morgan fingerprint density at radius 1 is 1.29 bits per heavy atom. The minimum Gasteiger partial charge on any atom is -0.494 e. The minimum absolute atomic E-state index is 0.120. The van der Waals surface area contributed by atoms with Gasteiger partial charge in [0.15, 0.2) is 0 Å². The molecule has 0 N–H and O–H groups in total. The fourth-order valence-electron chi connectivity index (χ4n) is 1.87. The lowest BCUT2D eigenvalue weighted by Gasteiger charge is -2.23. The van der Waals surface area contributed by atoms with Gasteiger partial charge in [0.1, 0.15) is 5.75 Å². The van der Waals surface area contributed by atoms with E-state index in [2.05, 4.69) is 45.5 Å². The number of hydrogen-bond acceptors (Lipinski definition) is 1. The van der Waals surface area contributed by atoms with Gasteiger partial charge in [-0.2, -0.15) is 0 Å². The summed E-state index contributed by atoms with van der Waals surface area (Å²) in [5.41, 5.74) is 2.77. The van der Waals surface area contributed by atoms with Crippen LogP contribution in [0.1, 0.15) is 45.2 Å². The molecule has 0 spiro atoms. The zero-order valence-electron chi connectivity index (χ0n) is 11.5. The summed E-state index contributed by atoms with van der Waals surface area (Å²) in [6.45, 7) is 13.2. The molecule has 0 saturated carbocycles. The summed E-state index contributed by atoms with van der Waals surface area (Å²) in [7, 11) is 0. The molecule has 1 heteroatoms. The zero-order chi connectivity index (χ0) is 12.9. The topological polar surface area (TPSA) is 9.23 Å². The van der Waals surface area contributed by atoms with Crippen LogP contribution < -0.4 is 4.74 Å². The van der Waals surface area contributed by atoms with Crippen LogP contribution in [-0.2, 0) is 11.8 Å². The second-order valence-corrected chi connectivity index (χ2v) is 5.34. The van der Waals surface area contributed by atoms with Gasteiger partial charge < -0.3 is 4.74 Å². The van der Waals surface area contributed by atoms with Gasteiger partial charge in [0, 0.05) is 0 Å². The molecular formula is C16H24O. The lowest BCUT2D eigenvalue weighted by Crippen LogP contribution is -2.14. The number of benzene rings is 1. The summed E-state index contributed by atoms with van der Waals surface area (Å²) in [4.78, 5) is 0. The maximum absolute atomic E-state index is 5.70. The van der Waals surface area contributed by atoms with Crippen LogP contribution in [0.2, 0.25) is 0 Å². The van der Waals surface area contributed by atoms with Crippen LogP contribution in [0.25, 0.3) is 0 Å². The Labute approximate surface area is 106 Å². The van der Waals surface area contributed by atoms with E-state index < -0.39 is 0 Å². The normalized spacial score (nSPS) is 11.3. The van der Waals surface area contributed by atoms with Crippen molar-refractivity contribution in [3.05, 3.63) is 42.0 Å². The van der Waals surface area contributed by atoms with Crippen LogP contribution >= 0.6 is 0 Å². The maximum atomic E-state index is 5.70. The first-order chi connectivity index (χ1) is 7.99. The predicted molar refractivity (Wildman–Crippen MR) is 74.8 cm³/mol. The van der Waals surface area contributed by atoms with Crippen LogP contribution in [0.3, 0.4) is 0 Å². The Bertz CT molecular complexity index is 372. The van der Waals surface area contributed by atoms with E-state index >= 15 is 0 Å². The minimum atomic E-state index is 0.120. The molecular weight excluding hydrogens is 208 g/mol. The average Bonchev–Trinajstić information content (AvgIpc) is 2.26. The highest BCUT2D eigenvalue weighted by atomic mass is 16.5.